The van der Waals surface area contributed by atoms with E-state index in [2.05, 4.69) is 33.8 Å². The van der Waals surface area contributed by atoms with E-state index in [9.17, 15) is 0 Å². The first-order chi connectivity index (χ1) is 8.59. The lowest BCUT2D eigenvalue weighted by Gasteiger charge is -2.07. The molecule has 0 saturated heterocycles. The predicted molar refractivity (Wildman–Crippen MR) is 71.4 cm³/mol. The first-order valence-electron chi connectivity index (χ1n) is 6.27. The van der Waals surface area contributed by atoms with Crippen molar-refractivity contribution in [1.29, 1.82) is 0 Å². The van der Waals surface area contributed by atoms with Gasteiger partial charge in [-0.3, -0.25) is 4.68 Å². The minimum absolute atomic E-state index is 0.874. The van der Waals surface area contributed by atoms with Gasteiger partial charge in [0.15, 0.2) is 0 Å². The van der Waals surface area contributed by atoms with Gasteiger partial charge in [0.05, 0.1) is 5.69 Å². The van der Waals surface area contributed by atoms with E-state index >= 15 is 0 Å². The lowest BCUT2D eigenvalue weighted by molar-refractivity contribution is 0.585. The average Bonchev–Trinajstić information content (AvgIpc) is 2.83. The van der Waals surface area contributed by atoms with E-state index in [1.807, 2.05) is 31.0 Å². The minimum Gasteiger partial charge on any atom is -0.334 e. The molecule has 2 aromatic heterocycles. The fraction of sp³-hybridized carbons (Fsp3) is 0.538. The molecule has 98 valence electrons. The maximum absolute atomic E-state index is 4.41. The quantitative estimate of drug-likeness (QED) is 0.811. The molecule has 0 atom stereocenters. The maximum atomic E-state index is 4.41. The van der Waals surface area contributed by atoms with E-state index in [1.165, 1.54) is 11.3 Å². The summed E-state index contributed by atoms with van der Waals surface area (Å²) in [6.07, 6.45) is 3.85. The number of rotatable bonds is 5. The van der Waals surface area contributed by atoms with Gasteiger partial charge >= 0.3 is 0 Å². The Labute approximate surface area is 108 Å². The van der Waals surface area contributed by atoms with E-state index in [-0.39, 0.29) is 0 Å². The summed E-state index contributed by atoms with van der Waals surface area (Å²) in [6.45, 7) is 8.95. The van der Waals surface area contributed by atoms with E-state index in [0.29, 0.717) is 0 Å². The summed E-state index contributed by atoms with van der Waals surface area (Å²) in [6, 6.07) is 0. The molecule has 0 aliphatic rings. The van der Waals surface area contributed by atoms with Gasteiger partial charge in [-0.2, -0.15) is 5.10 Å². The zero-order chi connectivity index (χ0) is 13.1. The molecular formula is C13H21N5. The highest BCUT2D eigenvalue weighted by Gasteiger charge is 2.08. The Hall–Kier alpha value is -1.62. The van der Waals surface area contributed by atoms with Crippen LogP contribution in [0.5, 0.6) is 0 Å². The van der Waals surface area contributed by atoms with Crippen molar-refractivity contribution in [2.75, 3.05) is 6.54 Å². The summed E-state index contributed by atoms with van der Waals surface area (Å²) in [5.41, 5.74) is 3.65. The van der Waals surface area contributed by atoms with Crippen LogP contribution in [0.4, 0.5) is 0 Å². The second-order valence-corrected chi connectivity index (χ2v) is 4.62. The van der Waals surface area contributed by atoms with Gasteiger partial charge in [-0.25, -0.2) is 4.98 Å². The van der Waals surface area contributed by atoms with Crippen LogP contribution in [0.1, 0.15) is 22.8 Å². The molecule has 0 fully saturated rings. The van der Waals surface area contributed by atoms with Gasteiger partial charge < -0.3 is 9.88 Å². The number of aryl methyl sites for hydroxylation is 3. The van der Waals surface area contributed by atoms with E-state index in [0.717, 1.165) is 31.2 Å². The number of hydrogen-bond donors (Lipinski definition) is 1. The fourth-order valence-corrected chi connectivity index (χ4v) is 2.13. The average molecular weight is 247 g/mol. The Morgan fingerprint density at radius 2 is 2.06 bits per heavy atom. The lowest BCUT2D eigenvalue weighted by atomic mass is 10.2. The Morgan fingerprint density at radius 3 is 2.61 bits per heavy atom. The van der Waals surface area contributed by atoms with Gasteiger partial charge in [0.25, 0.3) is 0 Å². The summed E-state index contributed by atoms with van der Waals surface area (Å²) in [5, 5.41) is 7.88. The summed E-state index contributed by atoms with van der Waals surface area (Å²) < 4.78 is 4.09. The molecule has 0 aliphatic carbocycles. The maximum Gasteiger partial charge on any atom is 0.105 e. The number of nitrogens with one attached hydrogen (secondary N) is 1. The molecule has 0 spiro atoms. The van der Waals surface area contributed by atoms with E-state index in [4.69, 9.17) is 0 Å². The molecule has 2 heterocycles. The summed E-state index contributed by atoms with van der Waals surface area (Å²) in [7, 11) is 1.99. The number of hydrogen-bond acceptors (Lipinski definition) is 3. The minimum atomic E-state index is 0.874. The van der Waals surface area contributed by atoms with Gasteiger partial charge in [0.2, 0.25) is 0 Å². The van der Waals surface area contributed by atoms with Crippen LogP contribution in [0.15, 0.2) is 12.4 Å². The third-order valence-corrected chi connectivity index (χ3v) is 3.41. The first-order valence-corrected chi connectivity index (χ1v) is 6.27. The molecule has 2 aromatic rings. The van der Waals surface area contributed by atoms with Crippen LogP contribution in [0.25, 0.3) is 0 Å². The molecule has 1 N–H and O–H groups in total. The normalized spacial score (nSPS) is 11.1. The van der Waals surface area contributed by atoms with Crippen molar-refractivity contribution >= 4 is 0 Å². The van der Waals surface area contributed by atoms with Crippen molar-refractivity contribution in [3.63, 3.8) is 0 Å². The third-order valence-electron chi connectivity index (χ3n) is 3.41. The molecule has 0 radical (unpaired) electrons. The van der Waals surface area contributed by atoms with Gasteiger partial charge in [0, 0.05) is 50.3 Å². The van der Waals surface area contributed by atoms with Crippen molar-refractivity contribution < 1.29 is 0 Å². The third kappa shape index (κ3) is 2.61. The molecule has 0 amide bonds. The highest BCUT2D eigenvalue weighted by molar-refractivity contribution is 5.23. The van der Waals surface area contributed by atoms with Crippen molar-refractivity contribution in [3.8, 4) is 0 Å². The Bertz CT molecular complexity index is 523. The summed E-state index contributed by atoms with van der Waals surface area (Å²) in [5.74, 6) is 1.06. The van der Waals surface area contributed by atoms with Crippen LogP contribution < -0.4 is 5.32 Å². The monoisotopic (exact) mass is 247 g/mol. The van der Waals surface area contributed by atoms with Crippen LogP contribution in [0, 0.1) is 20.8 Å². The topological polar surface area (TPSA) is 47.7 Å². The van der Waals surface area contributed by atoms with Gasteiger partial charge in [0.1, 0.15) is 5.82 Å². The first kappa shape index (κ1) is 12.8. The number of aromatic nitrogens is 4. The largest absolute Gasteiger partial charge is 0.334 e. The molecule has 0 unspecified atom stereocenters. The highest BCUT2D eigenvalue weighted by atomic mass is 15.3. The molecule has 2 rings (SSSR count). The standard InChI is InChI=1S/C13H21N5/c1-10-13(11(2)17(4)16-10)9-14-5-7-18-8-6-15-12(18)3/h6,8,14H,5,7,9H2,1-4H3. The SMILES string of the molecule is Cc1nn(C)c(C)c1CNCCn1ccnc1C. The zero-order valence-electron chi connectivity index (χ0n) is 11.6. The van der Waals surface area contributed by atoms with Gasteiger partial charge in [-0.05, 0) is 20.8 Å². The Balaban J connectivity index is 1.84. The second kappa shape index (κ2) is 5.35. The molecular weight excluding hydrogens is 226 g/mol. The van der Waals surface area contributed by atoms with Crippen LogP contribution in [-0.2, 0) is 20.1 Å². The smallest absolute Gasteiger partial charge is 0.105 e. The molecule has 5 nitrogen and oxygen atoms in total. The second-order valence-electron chi connectivity index (χ2n) is 4.62. The predicted octanol–water partition coefficient (Wildman–Crippen LogP) is 1.33. The molecule has 0 saturated carbocycles. The van der Waals surface area contributed by atoms with Crippen molar-refractivity contribution in [2.45, 2.75) is 33.9 Å². The van der Waals surface area contributed by atoms with Crippen molar-refractivity contribution in [2.24, 2.45) is 7.05 Å². The lowest BCUT2D eigenvalue weighted by Crippen LogP contribution is -2.20. The van der Waals surface area contributed by atoms with Crippen LogP contribution in [-0.4, -0.2) is 25.9 Å². The molecule has 5 heteroatoms. The van der Waals surface area contributed by atoms with Crippen LogP contribution in [0.3, 0.4) is 0 Å². The van der Waals surface area contributed by atoms with E-state index in [1.54, 1.807) is 0 Å². The van der Waals surface area contributed by atoms with E-state index < -0.39 is 0 Å². The zero-order valence-corrected chi connectivity index (χ0v) is 11.6. The molecule has 0 bridgehead atoms. The number of nitrogens with zero attached hydrogens (tertiary/aromatic N) is 4. The highest BCUT2D eigenvalue weighted by Crippen LogP contribution is 2.10. The molecule has 0 aromatic carbocycles. The van der Waals surface area contributed by atoms with Gasteiger partial charge in [-0.15, -0.1) is 0 Å². The van der Waals surface area contributed by atoms with Crippen molar-refractivity contribution in [3.05, 3.63) is 35.2 Å². The Kier molecular flexibility index (Phi) is 3.81. The fourth-order valence-electron chi connectivity index (χ4n) is 2.13. The van der Waals surface area contributed by atoms with Crippen LogP contribution >= 0.6 is 0 Å². The van der Waals surface area contributed by atoms with Gasteiger partial charge in [-0.1, -0.05) is 0 Å². The number of imidazole rings is 1. The van der Waals surface area contributed by atoms with Crippen LogP contribution in [0.2, 0.25) is 0 Å². The van der Waals surface area contributed by atoms with Crippen molar-refractivity contribution in [1.82, 2.24) is 24.6 Å². The summed E-state index contributed by atoms with van der Waals surface area (Å²) >= 11 is 0. The summed E-state index contributed by atoms with van der Waals surface area (Å²) in [4.78, 5) is 4.21. The Morgan fingerprint density at radius 1 is 1.28 bits per heavy atom. The molecule has 18 heavy (non-hydrogen) atoms. The molecule has 0 aliphatic heterocycles.